The number of amides is 1. The summed E-state index contributed by atoms with van der Waals surface area (Å²) in [4.78, 5) is 12.3. The maximum absolute atomic E-state index is 12.3. The molecule has 0 aromatic heterocycles. The van der Waals surface area contributed by atoms with Crippen LogP contribution in [0.4, 0.5) is 0 Å². The molecule has 0 saturated carbocycles. The standard InChI is InChI=1S/C25H30N2O2/c1-2-3-4-5-6-10-17-29-24-15-13-21(14-16-24)18-23(19-26)25(28)27-20-22-11-8-7-9-12-22/h7-9,11-16,18H,2-6,10,17,20H2,1H3,(H,27,28)/b23-18-. The van der Waals surface area contributed by atoms with Crippen molar-refractivity contribution >= 4 is 12.0 Å². The number of rotatable bonds is 12. The summed E-state index contributed by atoms with van der Waals surface area (Å²) in [6, 6.07) is 19.1. The molecule has 2 aromatic carbocycles. The summed E-state index contributed by atoms with van der Waals surface area (Å²) in [6.07, 6.45) is 9.00. The molecule has 2 rings (SSSR count). The fourth-order valence-electron chi connectivity index (χ4n) is 2.92. The summed E-state index contributed by atoms with van der Waals surface area (Å²) in [6.45, 7) is 3.33. The number of nitrogens with zero attached hydrogens (tertiary/aromatic N) is 1. The average molecular weight is 391 g/mol. The number of carbonyl (C=O) groups is 1. The van der Waals surface area contributed by atoms with E-state index in [2.05, 4.69) is 12.2 Å². The van der Waals surface area contributed by atoms with Gasteiger partial charge in [-0.05, 0) is 35.8 Å². The van der Waals surface area contributed by atoms with Gasteiger partial charge in [-0.3, -0.25) is 4.79 Å². The molecule has 0 heterocycles. The van der Waals surface area contributed by atoms with Gasteiger partial charge in [-0.15, -0.1) is 0 Å². The monoisotopic (exact) mass is 390 g/mol. The lowest BCUT2D eigenvalue weighted by Crippen LogP contribution is -2.23. The number of carbonyl (C=O) groups excluding carboxylic acids is 1. The zero-order valence-electron chi connectivity index (χ0n) is 17.2. The van der Waals surface area contributed by atoms with Crippen molar-refractivity contribution in [2.75, 3.05) is 6.61 Å². The smallest absolute Gasteiger partial charge is 0.262 e. The van der Waals surface area contributed by atoms with Crippen molar-refractivity contribution in [3.05, 3.63) is 71.3 Å². The fraction of sp³-hybridized carbons (Fsp3) is 0.360. The number of nitriles is 1. The number of ether oxygens (including phenoxy) is 1. The van der Waals surface area contributed by atoms with E-state index >= 15 is 0 Å². The van der Waals surface area contributed by atoms with Gasteiger partial charge >= 0.3 is 0 Å². The van der Waals surface area contributed by atoms with Gasteiger partial charge in [-0.25, -0.2) is 0 Å². The van der Waals surface area contributed by atoms with Crippen molar-refractivity contribution in [2.45, 2.75) is 52.0 Å². The lowest BCUT2D eigenvalue weighted by molar-refractivity contribution is -0.117. The van der Waals surface area contributed by atoms with E-state index in [1.165, 1.54) is 32.1 Å². The summed E-state index contributed by atoms with van der Waals surface area (Å²) in [5.74, 6) is 0.433. The molecule has 4 nitrogen and oxygen atoms in total. The van der Waals surface area contributed by atoms with Crippen LogP contribution in [0.3, 0.4) is 0 Å². The van der Waals surface area contributed by atoms with Gasteiger partial charge in [0.2, 0.25) is 0 Å². The largest absolute Gasteiger partial charge is 0.494 e. The Morgan fingerprint density at radius 3 is 2.38 bits per heavy atom. The number of nitrogens with one attached hydrogen (secondary N) is 1. The molecule has 0 bridgehead atoms. The Kier molecular flexibility index (Phi) is 10.1. The third-order valence-corrected chi connectivity index (χ3v) is 4.62. The van der Waals surface area contributed by atoms with Gasteiger partial charge in [-0.2, -0.15) is 5.26 Å². The summed E-state index contributed by atoms with van der Waals surface area (Å²) in [5, 5.41) is 12.1. The maximum atomic E-state index is 12.3. The molecule has 0 aliphatic rings. The van der Waals surface area contributed by atoms with Gasteiger partial charge in [0.1, 0.15) is 17.4 Å². The van der Waals surface area contributed by atoms with Crippen LogP contribution in [-0.2, 0) is 11.3 Å². The number of hydrogen-bond donors (Lipinski definition) is 1. The third-order valence-electron chi connectivity index (χ3n) is 4.62. The first-order valence-corrected chi connectivity index (χ1v) is 10.4. The SMILES string of the molecule is CCCCCCCCOc1ccc(/C=C(/C#N)C(=O)NCc2ccccc2)cc1. The Morgan fingerprint density at radius 1 is 1.00 bits per heavy atom. The lowest BCUT2D eigenvalue weighted by atomic mass is 10.1. The number of hydrogen-bond acceptors (Lipinski definition) is 3. The summed E-state index contributed by atoms with van der Waals surface area (Å²) >= 11 is 0. The highest BCUT2D eigenvalue weighted by atomic mass is 16.5. The molecule has 0 radical (unpaired) electrons. The Morgan fingerprint density at radius 2 is 1.69 bits per heavy atom. The number of benzene rings is 2. The van der Waals surface area contributed by atoms with Gasteiger partial charge < -0.3 is 10.1 Å². The van der Waals surface area contributed by atoms with Gasteiger partial charge in [0, 0.05) is 6.54 Å². The van der Waals surface area contributed by atoms with Crippen molar-refractivity contribution in [3.8, 4) is 11.8 Å². The molecular weight excluding hydrogens is 360 g/mol. The van der Waals surface area contributed by atoms with Gasteiger partial charge in [0.15, 0.2) is 0 Å². The lowest BCUT2D eigenvalue weighted by Gasteiger charge is -2.07. The van der Waals surface area contributed by atoms with Crippen molar-refractivity contribution in [2.24, 2.45) is 0 Å². The van der Waals surface area contributed by atoms with Crippen molar-refractivity contribution in [1.82, 2.24) is 5.32 Å². The first-order chi connectivity index (χ1) is 14.2. The third kappa shape index (κ3) is 8.66. The second-order valence-electron chi connectivity index (χ2n) is 7.02. The molecule has 4 heteroatoms. The quantitative estimate of drug-likeness (QED) is 0.289. The molecule has 2 aromatic rings. The van der Waals surface area contributed by atoms with Crippen LogP contribution in [0.5, 0.6) is 5.75 Å². The molecule has 152 valence electrons. The van der Waals surface area contributed by atoms with Crippen molar-refractivity contribution in [1.29, 1.82) is 5.26 Å². The van der Waals surface area contributed by atoms with Gasteiger partial charge in [0.05, 0.1) is 6.61 Å². The minimum Gasteiger partial charge on any atom is -0.494 e. The van der Waals surface area contributed by atoms with Gasteiger partial charge in [-0.1, -0.05) is 81.5 Å². The molecule has 1 amide bonds. The Balaban J connectivity index is 1.80. The van der Waals surface area contributed by atoms with E-state index < -0.39 is 0 Å². The zero-order chi connectivity index (χ0) is 20.7. The second-order valence-corrected chi connectivity index (χ2v) is 7.02. The van der Waals surface area contributed by atoms with E-state index in [4.69, 9.17) is 4.74 Å². The molecule has 0 unspecified atom stereocenters. The summed E-state index contributed by atoms with van der Waals surface area (Å²) in [7, 11) is 0. The molecule has 0 atom stereocenters. The normalized spacial score (nSPS) is 11.0. The number of unbranched alkanes of at least 4 members (excludes halogenated alkanes) is 5. The topological polar surface area (TPSA) is 62.1 Å². The van der Waals surface area contributed by atoms with E-state index in [0.717, 1.165) is 23.3 Å². The van der Waals surface area contributed by atoms with Crippen LogP contribution in [0.15, 0.2) is 60.2 Å². The predicted molar refractivity (Wildman–Crippen MR) is 117 cm³/mol. The first-order valence-electron chi connectivity index (χ1n) is 10.4. The second kappa shape index (κ2) is 13.2. The summed E-state index contributed by atoms with van der Waals surface area (Å²) < 4.78 is 5.77. The van der Waals surface area contributed by atoms with Crippen LogP contribution in [-0.4, -0.2) is 12.5 Å². The molecule has 1 N–H and O–H groups in total. The minimum absolute atomic E-state index is 0.0849. The predicted octanol–water partition coefficient (Wildman–Crippen LogP) is 5.65. The van der Waals surface area contributed by atoms with Crippen LogP contribution >= 0.6 is 0 Å². The highest BCUT2D eigenvalue weighted by Gasteiger charge is 2.08. The summed E-state index contributed by atoms with van der Waals surface area (Å²) in [5.41, 5.74) is 1.87. The van der Waals surface area contributed by atoms with E-state index in [1.54, 1.807) is 6.08 Å². The van der Waals surface area contributed by atoms with Crippen LogP contribution in [0.2, 0.25) is 0 Å². The Bertz CT molecular complexity index is 805. The van der Waals surface area contributed by atoms with Gasteiger partial charge in [0.25, 0.3) is 5.91 Å². The highest BCUT2D eigenvalue weighted by molar-refractivity contribution is 6.01. The molecular formula is C25H30N2O2. The van der Waals surface area contributed by atoms with Crippen LogP contribution < -0.4 is 10.1 Å². The van der Waals surface area contributed by atoms with E-state index in [1.807, 2.05) is 60.7 Å². The Hall–Kier alpha value is -3.06. The van der Waals surface area contributed by atoms with E-state index in [9.17, 15) is 10.1 Å². The minimum atomic E-state index is -0.375. The molecule has 0 spiro atoms. The first kappa shape index (κ1) is 22.2. The average Bonchev–Trinajstić information content (AvgIpc) is 2.77. The highest BCUT2D eigenvalue weighted by Crippen LogP contribution is 2.15. The molecule has 0 aliphatic carbocycles. The molecule has 0 aliphatic heterocycles. The molecule has 0 saturated heterocycles. The van der Waals surface area contributed by atoms with Crippen LogP contribution in [0.1, 0.15) is 56.6 Å². The van der Waals surface area contributed by atoms with Crippen LogP contribution in [0, 0.1) is 11.3 Å². The van der Waals surface area contributed by atoms with Crippen LogP contribution in [0.25, 0.3) is 6.08 Å². The van der Waals surface area contributed by atoms with E-state index in [-0.39, 0.29) is 11.5 Å². The van der Waals surface area contributed by atoms with E-state index in [0.29, 0.717) is 13.2 Å². The fourth-order valence-corrected chi connectivity index (χ4v) is 2.92. The molecule has 0 fully saturated rings. The molecule has 29 heavy (non-hydrogen) atoms. The Labute approximate surface area is 174 Å². The maximum Gasteiger partial charge on any atom is 0.262 e. The zero-order valence-corrected chi connectivity index (χ0v) is 17.2. The van der Waals surface area contributed by atoms with Crippen molar-refractivity contribution in [3.63, 3.8) is 0 Å². The van der Waals surface area contributed by atoms with Crippen molar-refractivity contribution < 1.29 is 9.53 Å².